The van der Waals surface area contributed by atoms with Crippen molar-refractivity contribution < 1.29 is 96.5 Å². The number of phenols is 2. The molecule has 0 aliphatic carbocycles. The number of rotatable bonds is 8. The van der Waals surface area contributed by atoms with E-state index in [1.807, 2.05) is 42.3 Å². The Labute approximate surface area is 359 Å². The molecule has 0 saturated heterocycles. The van der Waals surface area contributed by atoms with Gasteiger partial charge in [0.15, 0.2) is 0 Å². The summed E-state index contributed by atoms with van der Waals surface area (Å²) in [5, 5.41) is 39.9. The summed E-state index contributed by atoms with van der Waals surface area (Å²) in [5.74, 6) is 9.43. The number of likely N-dealkylation sites (N-methyl/N-ethyl adjacent to an activating group) is 2. The average molecular weight is 985 g/mol. The number of amides is 4. The fourth-order valence-electron chi connectivity index (χ4n) is 6.42. The Morgan fingerprint density at radius 1 is 0.536 bits per heavy atom. The number of aliphatic hydroxyl groups excluding tert-OH is 2. The molecule has 292 valence electrons. The van der Waals surface area contributed by atoms with Gasteiger partial charge >= 0.3 is 0 Å². The third-order valence-corrected chi connectivity index (χ3v) is 9.45. The molecule has 12 nitrogen and oxygen atoms in total. The summed E-state index contributed by atoms with van der Waals surface area (Å²) in [6.45, 7) is 0.170. The third-order valence-electron chi connectivity index (χ3n) is 9.45. The molecule has 6 rings (SSSR count). The second-order valence-corrected chi connectivity index (χ2v) is 15.5. The van der Waals surface area contributed by atoms with Crippen LogP contribution in [0.1, 0.15) is 74.8 Å². The first-order chi connectivity index (χ1) is 25.4. The summed E-state index contributed by atoms with van der Waals surface area (Å²) < 4.78 is 0.923. The zero-order valence-corrected chi connectivity index (χ0v) is 36.1. The monoisotopic (exact) mass is 984 g/mol. The van der Waals surface area contributed by atoms with E-state index in [0.29, 0.717) is 33.2 Å². The fourth-order valence-corrected chi connectivity index (χ4v) is 6.42. The van der Waals surface area contributed by atoms with Gasteiger partial charge in [0.1, 0.15) is 11.5 Å². The number of imide groups is 2. The number of carbonyl (C=O) groups excluding carboxylic acids is 4. The summed E-state index contributed by atoms with van der Waals surface area (Å²) in [4.78, 5) is 60.0. The number of aliphatic hydroxyl groups is 2. The van der Waals surface area contributed by atoms with Crippen LogP contribution >= 0.6 is 0 Å². The van der Waals surface area contributed by atoms with Gasteiger partial charge in [0, 0.05) is 55.3 Å². The number of hydrogen-bond acceptors (Lipinski definition) is 8. The van der Waals surface area contributed by atoms with Crippen molar-refractivity contribution in [1.29, 1.82) is 0 Å². The highest BCUT2D eigenvalue weighted by Gasteiger charge is 2.43. The van der Waals surface area contributed by atoms with Crippen LogP contribution in [0.25, 0.3) is 10.8 Å². The summed E-state index contributed by atoms with van der Waals surface area (Å²) in [6, 6.07) is 11.9. The summed E-state index contributed by atoms with van der Waals surface area (Å²) >= 11 is 0. The Kier molecular flexibility index (Phi) is 13.3. The first kappa shape index (κ1) is 44.2. The molecule has 0 unspecified atom stereocenters. The van der Waals surface area contributed by atoms with E-state index in [1.165, 1.54) is 36.4 Å². The highest BCUT2D eigenvalue weighted by Crippen LogP contribution is 2.41. The van der Waals surface area contributed by atoms with Crippen LogP contribution in [0.15, 0.2) is 48.5 Å². The van der Waals surface area contributed by atoms with Crippen molar-refractivity contribution in [2.45, 2.75) is 13.2 Å². The molecular formula is C42H42I2N4O8. The molecule has 0 fully saturated rings. The molecule has 0 aromatic heterocycles. The number of halogens is 2. The first-order valence-electron chi connectivity index (χ1n) is 17.3. The lowest BCUT2D eigenvalue weighted by Gasteiger charge is -2.35. The molecule has 2 aliphatic heterocycles. The molecule has 0 bridgehead atoms. The molecular weight excluding hydrogens is 942 g/mol. The minimum Gasteiger partial charge on any atom is -1.00 e. The van der Waals surface area contributed by atoms with E-state index in [2.05, 4.69) is 23.7 Å². The Bertz CT molecular complexity index is 2260. The predicted molar refractivity (Wildman–Crippen MR) is 200 cm³/mol. The zero-order valence-electron chi connectivity index (χ0n) is 31.8. The normalized spacial score (nSPS) is 13.4. The van der Waals surface area contributed by atoms with Gasteiger partial charge in [0.2, 0.25) is 0 Å². The van der Waals surface area contributed by atoms with Crippen molar-refractivity contribution in [3.05, 3.63) is 104 Å². The van der Waals surface area contributed by atoms with Crippen molar-refractivity contribution in [2.75, 3.05) is 68.5 Å². The van der Waals surface area contributed by atoms with Gasteiger partial charge in [-0.2, -0.15) is 0 Å². The van der Waals surface area contributed by atoms with Crippen LogP contribution in [0.5, 0.6) is 11.5 Å². The second kappa shape index (κ2) is 16.9. The first-order valence-corrected chi connectivity index (χ1v) is 17.3. The van der Waals surface area contributed by atoms with E-state index >= 15 is 0 Å². The summed E-state index contributed by atoms with van der Waals surface area (Å²) in [5.41, 5.74) is 2.04. The molecule has 2 aliphatic rings. The lowest BCUT2D eigenvalue weighted by atomic mass is 9.81. The van der Waals surface area contributed by atoms with Gasteiger partial charge in [0.05, 0.1) is 92.8 Å². The Morgan fingerprint density at radius 2 is 0.893 bits per heavy atom. The maximum atomic E-state index is 14.5. The number of aromatic hydroxyl groups is 2. The summed E-state index contributed by atoms with van der Waals surface area (Å²) in [7, 11) is 11.6. The molecule has 0 spiro atoms. The van der Waals surface area contributed by atoms with Gasteiger partial charge in [-0.1, -0.05) is 23.7 Å². The van der Waals surface area contributed by atoms with Gasteiger partial charge in [0.25, 0.3) is 23.6 Å². The van der Waals surface area contributed by atoms with Crippen LogP contribution in [0.4, 0.5) is 0 Å². The highest BCUT2D eigenvalue weighted by molar-refractivity contribution is 6.34. The Balaban J connectivity index is 0.00000348. The zero-order chi connectivity index (χ0) is 39.3. The average Bonchev–Trinajstić information content (AvgIpc) is 3.11. The molecule has 4 aromatic carbocycles. The lowest BCUT2D eigenvalue weighted by Crippen LogP contribution is -3.00. The number of benzene rings is 4. The second-order valence-electron chi connectivity index (χ2n) is 15.5. The maximum Gasteiger partial charge on any atom is 0.262 e. The molecule has 56 heavy (non-hydrogen) atoms. The smallest absolute Gasteiger partial charge is 0.262 e. The SMILES string of the molecule is C[N+](C)(C)CCN1C(=O)c2cc(C#Cc3ccc(O)c(CO)c3)c3c4c(cc(C#Cc5ccc(O)c(CO)c5)c(c24)C1=O)C(=O)N(CC[N+](C)(C)C)C3=O.[I-].[I-]. The standard InChI is InChI=1S/C42H40N4O8.2HI/c1-45(2,3)17-15-43-39(51)31-21-28(12-8-26-10-14-34(50)30(20-26)24-48)36-38-32(40(52)44(42(36)54)16-18-46(4,5)6)22-27(35(37(31)38)41(43)53)11-7-25-9-13-33(49)29(19-25)23-47;;/h9-10,13-14,19-22,47-48H,15-18,23-24H2,1-6H3;2*1H. The van der Waals surface area contributed by atoms with E-state index in [9.17, 15) is 39.6 Å². The number of nitrogens with zero attached hydrogens (tertiary/aromatic N) is 4. The van der Waals surface area contributed by atoms with Crippen LogP contribution in [0.3, 0.4) is 0 Å². The maximum absolute atomic E-state index is 14.5. The minimum absolute atomic E-state index is 0. The van der Waals surface area contributed by atoms with E-state index in [1.54, 1.807) is 12.1 Å². The third kappa shape index (κ3) is 8.71. The number of hydrogen-bond donors (Lipinski definition) is 4. The van der Waals surface area contributed by atoms with E-state index in [0.717, 1.165) is 9.80 Å². The van der Waals surface area contributed by atoms with E-state index < -0.39 is 36.8 Å². The fraction of sp³-hybridized carbons (Fsp3) is 0.286. The summed E-state index contributed by atoms with van der Waals surface area (Å²) in [6.07, 6.45) is 0. The van der Waals surface area contributed by atoms with Crippen molar-refractivity contribution in [3.63, 3.8) is 0 Å². The predicted octanol–water partition coefficient (Wildman–Crippen LogP) is -3.35. The number of quaternary nitrogens is 2. The van der Waals surface area contributed by atoms with Crippen LogP contribution in [0.2, 0.25) is 0 Å². The van der Waals surface area contributed by atoms with E-state index in [-0.39, 0.29) is 128 Å². The molecule has 14 heteroatoms. The largest absolute Gasteiger partial charge is 1.00 e. The van der Waals surface area contributed by atoms with Crippen LogP contribution < -0.4 is 48.0 Å². The highest BCUT2D eigenvalue weighted by atomic mass is 127. The van der Waals surface area contributed by atoms with Crippen molar-refractivity contribution in [2.24, 2.45) is 0 Å². The Hall–Kier alpha value is -4.56. The molecule has 0 radical (unpaired) electrons. The molecule has 4 N–H and O–H groups in total. The Morgan fingerprint density at radius 3 is 1.21 bits per heavy atom. The minimum atomic E-state index is -0.615. The van der Waals surface area contributed by atoms with Crippen LogP contribution in [-0.4, -0.2) is 131 Å². The van der Waals surface area contributed by atoms with Gasteiger partial charge in [-0.3, -0.25) is 29.0 Å². The van der Waals surface area contributed by atoms with Crippen LogP contribution in [-0.2, 0) is 13.2 Å². The lowest BCUT2D eigenvalue weighted by molar-refractivity contribution is -0.869. The van der Waals surface area contributed by atoms with Crippen molar-refractivity contribution in [1.82, 2.24) is 9.80 Å². The van der Waals surface area contributed by atoms with Crippen LogP contribution in [0, 0.1) is 23.7 Å². The molecule has 0 atom stereocenters. The molecule has 0 saturated carbocycles. The quantitative estimate of drug-likeness (QED) is 0.0619. The van der Waals surface area contributed by atoms with Gasteiger partial charge < -0.3 is 77.3 Å². The van der Waals surface area contributed by atoms with Gasteiger partial charge in [-0.15, -0.1) is 0 Å². The molecule has 2 heterocycles. The van der Waals surface area contributed by atoms with Crippen molar-refractivity contribution in [3.8, 4) is 35.2 Å². The topological polar surface area (TPSA) is 156 Å². The van der Waals surface area contributed by atoms with Gasteiger partial charge in [-0.05, 0) is 48.5 Å². The molecule has 4 amide bonds. The van der Waals surface area contributed by atoms with Gasteiger partial charge in [-0.25, -0.2) is 0 Å². The van der Waals surface area contributed by atoms with Crippen molar-refractivity contribution >= 4 is 34.4 Å². The molecule has 4 aromatic rings. The number of carbonyl (C=O) groups is 4. The van der Waals surface area contributed by atoms with E-state index in [4.69, 9.17) is 0 Å².